The summed E-state index contributed by atoms with van der Waals surface area (Å²) in [6, 6.07) is 6.57. The highest BCUT2D eigenvalue weighted by atomic mass is 127. The van der Waals surface area contributed by atoms with Crippen LogP contribution in [0.4, 0.5) is 4.39 Å². The van der Waals surface area contributed by atoms with Crippen LogP contribution in [0.2, 0.25) is 0 Å². The van der Waals surface area contributed by atoms with Crippen LogP contribution in [-0.2, 0) is 24.1 Å². The number of nitrogens with zero attached hydrogens (tertiary/aromatic N) is 5. The summed E-state index contributed by atoms with van der Waals surface area (Å²) < 4.78 is 21.7. The first-order valence-corrected chi connectivity index (χ1v) is 11.4. The van der Waals surface area contributed by atoms with Crippen molar-refractivity contribution in [1.29, 1.82) is 0 Å². The van der Waals surface area contributed by atoms with Crippen LogP contribution in [0.15, 0.2) is 29.3 Å². The molecule has 3 heterocycles. The van der Waals surface area contributed by atoms with E-state index in [0.29, 0.717) is 6.54 Å². The van der Waals surface area contributed by atoms with E-state index in [4.69, 9.17) is 4.74 Å². The minimum absolute atomic E-state index is 0. The molecule has 2 unspecified atom stereocenters. The number of nitrogens with one attached hydrogen (secondary N) is 1. The molecule has 2 aliphatic heterocycles. The van der Waals surface area contributed by atoms with E-state index in [1.807, 2.05) is 7.05 Å². The van der Waals surface area contributed by atoms with Gasteiger partial charge in [-0.15, -0.1) is 34.2 Å². The third-order valence-corrected chi connectivity index (χ3v) is 6.06. The Bertz CT molecular complexity index is 887. The number of ether oxygens (including phenoxy) is 1. The molecule has 0 radical (unpaired) electrons. The first-order valence-electron chi connectivity index (χ1n) is 11.4. The Hall–Kier alpha value is -1.75. The monoisotopic (exact) mass is 556 g/mol. The zero-order valence-corrected chi connectivity index (χ0v) is 21.3. The van der Waals surface area contributed by atoms with Gasteiger partial charge < -0.3 is 19.5 Å². The number of morpholine rings is 1. The summed E-state index contributed by atoms with van der Waals surface area (Å²) in [5, 5.41) is 12.3. The highest BCUT2D eigenvalue weighted by molar-refractivity contribution is 14.0. The predicted octanol–water partition coefficient (Wildman–Crippen LogP) is 3.73. The van der Waals surface area contributed by atoms with Gasteiger partial charge in [-0.3, -0.25) is 4.99 Å². The van der Waals surface area contributed by atoms with Crippen molar-refractivity contribution in [3.05, 3.63) is 47.3 Å². The third-order valence-electron chi connectivity index (χ3n) is 6.06. The van der Waals surface area contributed by atoms with Gasteiger partial charge in [0.2, 0.25) is 0 Å². The van der Waals surface area contributed by atoms with Gasteiger partial charge >= 0.3 is 0 Å². The lowest BCUT2D eigenvalue weighted by Crippen LogP contribution is -2.50. The van der Waals surface area contributed by atoms with Crippen molar-refractivity contribution in [3.63, 3.8) is 0 Å². The van der Waals surface area contributed by atoms with Crippen molar-refractivity contribution in [2.45, 2.75) is 64.2 Å². The average Bonchev–Trinajstić information content (AvgIpc) is 2.99. The van der Waals surface area contributed by atoms with E-state index in [-0.39, 0.29) is 42.0 Å². The molecule has 2 aromatic rings. The van der Waals surface area contributed by atoms with Crippen molar-refractivity contribution in [2.24, 2.45) is 4.99 Å². The number of aryl methyl sites for hydroxylation is 2. The lowest BCUT2D eigenvalue weighted by molar-refractivity contribution is -0.0605. The average molecular weight is 556 g/mol. The predicted molar refractivity (Wildman–Crippen MR) is 134 cm³/mol. The molecule has 2 aliphatic rings. The molecule has 0 bridgehead atoms. The van der Waals surface area contributed by atoms with Gasteiger partial charge in [0, 0.05) is 39.5 Å². The normalized spacial score (nSPS) is 21.5. The number of hydrogen-bond donors (Lipinski definition) is 1. The number of benzene rings is 1. The van der Waals surface area contributed by atoms with Gasteiger partial charge in [0.05, 0.1) is 12.6 Å². The van der Waals surface area contributed by atoms with Gasteiger partial charge in [-0.05, 0) is 43.9 Å². The molecule has 0 saturated carbocycles. The number of guanidine groups is 1. The lowest BCUT2D eigenvalue weighted by Gasteiger charge is -2.38. The van der Waals surface area contributed by atoms with Crippen molar-refractivity contribution in [3.8, 4) is 0 Å². The minimum atomic E-state index is -0.230. The van der Waals surface area contributed by atoms with Crippen LogP contribution >= 0.6 is 24.0 Å². The van der Waals surface area contributed by atoms with Gasteiger partial charge in [-0.2, -0.15) is 0 Å². The quantitative estimate of drug-likeness (QED) is 0.263. The van der Waals surface area contributed by atoms with Crippen LogP contribution < -0.4 is 5.32 Å². The van der Waals surface area contributed by atoms with Crippen molar-refractivity contribution >= 4 is 29.9 Å². The summed E-state index contributed by atoms with van der Waals surface area (Å²) in [6.07, 6.45) is 6.59. The maximum Gasteiger partial charge on any atom is 0.193 e. The molecule has 9 heteroatoms. The van der Waals surface area contributed by atoms with Crippen molar-refractivity contribution < 1.29 is 9.13 Å². The van der Waals surface area contributed by atoms with Crippen molar-refractivity contribution in [2.75, 3.05) is 26.7 Å². The van der Waals surface area contributed by atoms with Crippen LogP contribution in [0.1, 0.15) is 55.9 Å². The number of hydrogen-bond acceptors (Lipinski definition) is 4. The topological polar surface area (TPSA) is 67.6 Å². The molecular formula is C23H34FIN6O. The SMILES string of the molecule is CN=C(NCCCc1nnc2n1CCCCC2)N1CC(C)OC(c2ccc(F)cc2)C1.I. The highest BCUT2D eigenvalue weighted by Crippen LogP contribution is 2.25. The first-order chi connectivity index (χ1) is 15.1. The molecule has 1 N–H and O–H groups in total. The Morgan fingerprint density at radius 2 is 2.00 bits per heavy atom. The molecule has 176 valence electrons. The Morgan fingerprint density at radius 1 is 1.19 bits per heavy atom. The molecule has 0 amide bonds. The number of aliphatic imine (C=N–C) groups is 1. The molecule has 1 saturated heterocycles. The summed E-state index contributed by atoms with van der Waals surface area (Å²) in [4.78, 5) is 6.72. The van der Waals surface area contributed by atoms with Gasteiger partial charge in [0.1, 0.15) is 23.6 Å². The van der Waals surface area contributed by atoms with Gasteiger partial charge in [-0.25, -0.2) is 4.39 Å². The smallest absolute Gasteiger partial charge is 0.193 e. The molecular weight excluding hydrogens is 522 g/mol. The van der Waals surface area contributed by atoms with E-state index in [2.05, 4.69) is 36.9 Å². The number of rotatable bonds is 5. The standard InChI is InChI=1S/C23H33FN6O.HI/c1-17-15-29(16-20(31-17)18-9-11-19(24)12-10-18)23(25-2)26-13-6-8-22-28-27-21-7-4-3-5-14-30(21)22;/h9-12,17,20H,3-8,13-16H2,1-2H3,(H,25,26);1H. The Kier molecular flexibility index (Phi) is 9.27. The van der Waals surface area contributed by atoms with Gasteiger partial charge in [0.25, 0.3) is 0 Å². The lowest BCUT2D eigenvalue weighted by atomic mass is 10.1. The zero-order chi connectivity index (χ0) is 21.6. The summed E-state index contributed by atoms with van der Waals surface area (Å²) >= 11 is 0. The van der Waals surface area contributed by atoms with Crippen molar-refractivity contribution in [1.82, 2.24) is 25.0 Å². The third kappa shape index (κ3) is 6.18. The second-order valence-corrected chi connectivity index (χ2v) is 8.46. The Morgan fingerprint density at radius 3 is 2.78 bits per heavy atom. The van der Waals surface area contributed by atoms with Crippen LogP contribution in [-0.4, -0.2) is 58.4 Å². The Balaban J connectivity index is 0.00000289. The Labute approximate surface area is 206 Å². The molecule has 1 fully saturated rings. The summed E-state index contributed by atoms with van der Waals surface area (Å²) in [5.74, 6) is 2.89. The summed E-state index contributed by atoms with van der Waals surface area (Å²) in [6.45, 7) is 5.39. The van der Waals surface area contributed by atoms with E-state index < -0.39 is 0 Å². The fourth-order valence-electron chi connectivity index (χ4n) is 4.50. The van der Waals surface area contributed by atoms with E-state index in [1.165, 1.54) is 31.4 Å². The molecule has 0 aliphatic carbocycles. The number of aromatic nitrogens is 3. The zero-order valence-electron chi connectivity index (χ0n) is 19.0. The molecule has 1 aromatic carbocycles. The highest BCUT2D eigenvalue weighted by Gasteiger charge is 2.28. The first kappa shape index (κ1) is 24.9. The molecule has 1 aromatic heterocycles. The minimum Gasteiger partial charge on any atom is -0.367 e. The fourth-order valence-corrected chi connectivity index (χ4v) is 4.50. The van der Waals surface area contributed by atoms with E-state index in [1.54, 1.807) is 12.1 Å². The molecule has 0 spiro atoms. The number of fused-ring (bicyclic) bond motifs is 1. The van der Waals surface area contributed by atoms with Gasteiger partial charge in [-0.1, -0.05) is 18.6 Å². The van der Waals surface area contributed by atoms with Crippen LogP contribution in [0.3, 0.4) is 0 Å². The summed E-state index contributed by atoms with van der Waals surface area (Å²) in [7, 11) is 1.81. The maximum absolute atomic E-state index is 13.3. The van der Waals surface area contributed by atoms with Crippen LogP contribution in [0.5, 0.6) is 0 Å². The second kappa shape index (κ2) is 11.9. The fraction of sp³-hybridized carbons (Fsp3) is 0.609. The van der Waals surface area contributed by atoms with E-state index in [0.717, 1.165) is 62.1 Å². The van der Waals surface area contributed by atoms with E-state index >= 15 is 0 Å². The summed E-state index contributed by atoms with van der Waals surface area (Å²) in [5.41, 5.74) is 0.987. The molecule has 4 rings (SSSR count). The molecule has 32 heavy (non-hydrogen) atoms. The van der Waals surface area contributed by atoms with Crippen LogP contribution in [0, 0.1) is 5.82 Å². The molecule has 7 nitrogen and oxygen atoms in total. The second-order valence-electron chi connectivity index (χ2n) is 8.46. The van der Waals surface area contributed by atoms with Crippen LogP contribution in [0.25, 0.3) is 0 Å². The molecule has 2 atom stereocenters. The number of halogens is 2. The van der Waals surface area contributed by atoms with E-state index in [9.17, 15) is 4.39 Å². The maximum atomic E-state index is 13.3. The largest absolute Gasteiger partial charge is 0.367 e. The van der Waals surface area contributed by atoms with Gasteiger partial charge in [0.15, 0.2) is 5.96 Å².